The lowest BCUT2D eigenvalue weighted by atomic mass is 10.0. The second kappa shape index (κ2) is 12.6. The van der Waals surface area contributed by atoms with Crippen molar-refractivity contribution in [3.05, 3.63) is 44.2 Å². The Labute approximate surface area is 253 Å². The molecule has 0 saturated carbocycles. The Morgan fingerprint density at radius 1 is 1.16 bits per heavy atom. The highest BCUT2D eigenvalue weighted by atomic mass is 19.3. The molecule has 0 spiro atoms. The van der Waals surface area contributed by atoms with Gasteiger partial charge in [-0.1, -0.05) is 4.98 Å². The van der Waals surface area contributed by atoms with E-state index in [0.29, 0.717) is 4.57 Å². The molecular weight excluding hydrogens is 614 g/mol. The van der Waals surface area contributed by atoms with E-state index in [2.05, 4.69) is 15.0 Å². The first kappa shape index (κ1) is 34.6. The Bertz CT molecular complexity index is 1510. The zero-order valence-electron chi connectivity index (χ0n) is 25.2. The summed E-state index contributed by atoms with van der Waals surface area (Å²) >= 11 is 0. The van der Waals surface area contributed by atoms with E-state index in [0.717, 1.165) is 12.3 Å². The third kappa shape index (κ3) is 8.61. The summed E-state index contributed by atoms with van der Waals surface area (Å²) in [6.07, 6.45) is -12.4. The molecule has 3 N–H and O–H groups in total. The Balaban J connectivity index is 2.05. The first-order valence-electron chi connectivity index (χ1n) is 13.1. The van der Waals surface area contributed by atoms with Crippen molar-refractivity contribution in [2.24, 2.45) is 0 Å². The highest BCUT2D eigenvalue weighted by molar-refractivity contribution is 5.78. The minimum Gasteiger partial charge on any atom is -0.455 e. The highest BCUT2D eigenvalue weighted by Crippen LogP contribution is 2.46. The van der Waals surface area contributed by atoms with Crippen LogP contribution in [0.2, 0.25) is 0 Å². The largest absolute Gasteiger partial charge is 0.509 e. The van der Waals surface area contributed by atoms with E-state index in [1.54, 1.807) is 0 Å². The topological polar surface area (TPSA) is 239 Å². The normalized spacial score (nSPS) is 20.2. The lowest BCUT2D eigenvalue weighted by Crippen LogP contribution is -2.51. The molecule has 1 aliphatic heterocycles. The maximum absolute atomic E-state index is 16.0. The number of hydrogen-bond donors (Lipinski definition) is 2. The van der Waals surface area contributed by atoms with E-state index in [4.69, 9.17) is 34.2 Å². The number of rotatable bonds is 8. The number of hydrogen-bond acceptors (Lipinski definition) is 15. The maximum Gasteiger partial charge on any atom is 0.509 e. The van der Waals surface area contributed by atoms with E-state index in [1.807, 2.05) is 0 Å². The Hall–Kier alpha value is -4.88. The van der Waals surface area contributed by atoms with Crippen molar-refractivity contribution in [3.8, 4) is 0 Å². The molecule has 1 saturated heterocycles. The molecule has 0 amide bonds. The van der Waals surface area contributed by atoms with Gasteiger partial charge in [0.1, 0.15) is 22.7 Å². The van der Waals surface area contributed by atoms with E-state index in [9.17, 15) is 29.3 Å². The molecule has 1 aliphatic rings. The molecule has 0 radical (unpaired) electrons. The number of aromatic amines is 1. The number of ether oxygens (including phenoxy) is 6. The van der Waals surface area contributed by atoms with Gasteiger partial charge in [0, 0.05) is 6.20 Å². The molecule has 1 unspecified atom stereocenters. The molecule has 1 fully saturated rings. The van der Waals surface area contributed by atoms with E-state index < -0.39 is 83.1 Å². The average Bonchev–Trinajstić information content (AvgIpc) is 3.36. The summed E-state index contributed by atoms with van der Waals surface area (Å²) in [5.74, 6) is -6.82. The van der Waals surface area contributed by atoms with E-state index >= 15 is 8.78 Å². The number of halogens is 2. The summed E-state index contributed by atoms with van der Waals surface area (Å²) in [4.78, 5) is 70.7. The smallest absolute Gasteiger partial charge is 0.455 e. The molecule has 4 atom stereocenters. The predicted octanol–water partition coefficient (Wildman–Crippen LogP) is 2.68. The van der Waals surface area contributed by atoms with Crippen LogP contribution in [0.15, 0.2) is 17.1 Å². The van der Waals surface area contributed by atoms with Gasteiger partial charge in [0.2, 0.25) is 18.4 Å². The number of nitro groups is 1. The summed E-state index contributed by atoms with van der Waals surface area (Å²) in [7, 11) is 0. The summed E-state index contributed by atoms with van der Waals surface area (Å²) in [5.41, 5.74) is 1.77. The SMILES string of the molecule is Cc1[nH]c([N+](=O)[O-])nc1COC(=O)C(OC(=O)OC(C)(C)C)[C@H]1O[C@@H](n2ccc(N)nc2=O)C(F)(F)[C@@H]1OC(=O)OC(C)(C)C. The van der Waals surface area contributed by atoms with Gasteiger partial charge in [0.05, 0.1) is 0 Å². The molecule has 0 bridgehead atoms. The summed E-state index contributed by atoms with van der Waals surface area (Å²) in [6.45, 7) is 9.22. The van der Waals surface area contributed by atoms with Crippen molar-refractivity contribution >= 4 is 30.0 Å². The number of nitrogens with zero attached hydrogens (tertiary/aromatic N) is 4. The van der Waals surface area contributed by atoms with Crippen molar-refractivity contribution in [3.63, 3.8) is 0 Å². The van der Waals surface area contributed by atoms with Crippen LogP contribution in [0.25, 0.3) is 0 Å². The Kier molecular flexibility index (Phi) is 9.70. The number of nitrogens with two attached hydrogens (primary N) is 1. The van der Waals surface area contributed by atoms with Crippen molar-refractivity contribution in [1.82, 2.24) is 19.5 Å². The van der Waals surface area contributed by atoms with E-state index in [-0.39, 0.29) is 17.2 Å². The van der Waals surface area contributed by atoms with Crippen LogP contribution in [0, 0.1) is 17.0 Å². The highest BCUT2D eigenvalue weighted by Gasteiger charge is 2.66. The predicted molar refractivity (Wildman–Crippen MR) is 144 cm³/mol. The Morgan fingerprint density at radius 2 is 1.76 bits per heavy atom. The van der Waals surface area contributed by atoms with Crippen LogP contribution in [0.1, 0.15) is 59.2 Å². The molecule has 2 aromatic heterocycles. The van der Waals surface area contributed by atoms with Crippen molar-refractivity contribution < 1.29 is 56.5 Å². The minimum absolute atomic E-state index is 0.123. The van der Waals surface area contributed by atoms with Crippen molar-refractivity contribution in [2.45, 2.75) is 96.7 Å². The van der Waals surface area contributed by atoms with Crippen LogP contribution < -0.4 is 11.4 Å². The molecule has 45 heavy (non-hydrogen) atoms. The molecule has 2 aromatic rings. The summed E-state index contributed by atoms with van der Waals surface area (Å²) < 4.78 is 62.9. The number of aryl methyl sites for hydroxylation is 1. The van der Waals surface area contributed by atoms with Crippen LogP contribution in [0.3, 0.4) is 0 Å². The fraction of sp³-hybridized carbons (Fsp3) is 0.600. The Morgan fingerprint density at radius 3 is 2.29 bits per heavy atom. The molecule has 3 rings (SSSR count). The number of H-pyrrole nitrogens is 1. The first-order chi connectivity index (χ1) is 20.6. The number of nitrogen functional groups attached to an aromatic ring is 1. The number of anilines is 1. The summed E-state index contributed by atoms with van der Waals surface area (Å²) in [6, 6.07) is 1.01. The van der Waals surface area contributed by atoms with Crippen LogP contribution in [0.4, 0.5) is 30.1 Å². The van der Waals surface area contributed by atoms with E-state index in [1.165, 1.54) is 48.5 Å². The van der Waals surface area contributed by atoms with Gasteiger partial charge in [-0.15, -0.1) is 0 Å². The number of alkyl halides is 2. The molecular formula is C25H32F2N6O12. The quantitative estimate of drug-likeness (QED) is 0.181. The number of imidazole rings is 1. The number of aromatic nitrogens is 4. The lowest BCUT2D eigenvalue weighted by Gasteiger charge is -2.28. The van der Waals surface area contributed by atoms with Gasteiger partial charge in [-0.2, -0.15) is 13.8 Å². The number of esters is 1. The number of carbonyl (C=O) groups excluding carboxylic acids is 3. The van der Waals surface area contributed by atoms with Crippen LogP contribution in [-0.4, -0.2) is 78.2 Å². The third-order valence-electron chi connectivity index (χ3n) is 5.65. The number of nitrogens with one attached hydrogen (secondary N) is 1. The standard InChI is InChI=1S/C25H32F2N6O12/c1-11-12(30-19(29-11)33(38)39)10-40-17(34)15(42-21(36)44-23(2,3)4)14-16(43-22(37)45-24(5,6)7)25(26,27)18(41-14)32-9-8-13(28)31-20(32)35/h8-9,14-16,18H,10H2,1-7H3,(H,29,30)(H2,28,31,35)/t14-,15?,16-,18-/m1/s1. The fourth-order valence-corrected chi connectivity index (χ4v) is 3.83. The number of carbonyl (C=O) groups is 3. The average molecular weight is 647 g/mol. The zero-order valence-corrected chi connectivity index (χ0v) is 25.2. The first-order valence-corrected chi connectivity index (χ1v) is 13.1. The minimum atomic E-state index is -4.31. The molecule has 3 heterocycles. The lowest BCUT2D eigenvalue weighted by molar-refractivity contribution is -0.393. The summed E-state index contributed by atoms with van der Waals surface area (Å²) in [5, 5.41) is 11.0. The fourth-order valence-electron chi connectivity index (χ4n) is 3.83. The second-order valence-electron chi connectivity index (χ2n) is 11.7. The molecule has 0 aromatic carbocycles. The zero-order chi connectivity index (χ0) is 34.1. The van der Waals surface area contributed by atoms with Crippen molar-refractivity contribution in [1.29, 1.82) is 0 Å². The van der Waals surface area contributed by atoms with Crippen molar-refractivity contribution in [2.75, 3.05) is 5.73 Å². The van der Waals surface area contributed by atoms with Gasteiger partial charge in [-0.25, -0.2) is 24.2 Å². The van der Waals surface area contributed by atoms with Crippen LogP contribution in [0.5, 0.6) is 0 Å². The molecule has 20 heteroatoms. The monoisotopic (exact) mass is 646 g/mol. The van der Waals surface area contributed by atoms with Gasteiger partial charge < -0.3 is 44.3 Å². The molecule has 18 nitrogen and oxygen atoms in total. The van der Waals surface area contributed by atoms with Gasteiger partial charge in [-0.3, -0.25) is 4.57 Å². The molecule has 248 valence electrons. The van der Waals surface area contributed by atoms with Gasteiger partial charge in [0.25, 0.3) is 0 Å². The van der Waals surface area contributed by atoms with Gasteiger partial charge in [-0.05, 0) is 59.5 Å². The third-order valence-corrected chi connectivity index (χ3v) is 5.65. The van der Waals surface area contributed by atoms with Gasteiger partial charge >= 0.3 is 35.8 Å². The van der Waals surface area contributed by atoms with Gasteiger partial charge in [0.15, 0.2) is 18.4 Å². The maximum atomic E-state index is 16.0. The van der Waals surface area contributed by atoms with Crippen LogP contribution in [-0.2, 0) is 39.8 Å². The molecule has 0 aliphatic carbocycles. The second-order valence-corrected chi connectivity index (χ2v) is 11.7. The van der Waals surface area contributed by atoms with Crippen LogP contribution >= 0.6 is 0 Å².